The molecule has 2 rings (SSSR count). The Bertz CT molecular complexity index is 357. The molecule has 0 unspecified atom stereocenters. The third-order valence-corrected chi connectivity index (χ3v) is 3.41. The molecule has 0 radical (unpaired) electrons. The number of aliphatic hydroxyl groups excluding tert-OH is 1. The second kappa shape index (κ2) is 5.58. The highest BCUT2D eigenvalue weighted by molar-refractivity contribution is 5.07. The van der Waals surface area contributed by atoms with Gasteiger partial charge in [0.2, 0.25) is 0 Å². The summed E-state index contributed by atoms with van der Waals surface area (Å²) in [4.78, 5) is 9.07. The molecule has 0 aliphatic heterocycles. The number of aliphatic hydroxyl groups is 1. The Labute approximate surface area is 103 Å². The first-order valence-electron chi connectivity index (χ1n) is 6.65. The molecule has 1 N–H and O–H groups in total. The molecule has 1 aliphatic carbocycles. The van der Waals surface area contributed by atoms with Crippen LogP contribution in [0.3, 0.4) is 0 Å². The van der Waals surface area contributed by atoms with Crippen molar-refractivity contribution in [3.05, 3.63) is 23.8 Å². The van der Waals surface area contributed by atoms with Crippen molar-refractivity contribution in [2.24, 2.45) is 5.92 Å². The van der Waals surface area contributed by atoms with Crippen LogP contribution in [-0.4, -0.2) is 21.2 Å². The predicted molar refractivity (Wildman–Crippen MR) is 67.8 cm³/mol. The maximum Gasteiger partial charge on any atom is 0.131 e. The predicted octanol–water partition coefficient (Wildman–Crippen LogP) is 2.69. The van der Waals surface area contributed by atoms with E-state index < -0.39 is 0 Å². The van der Waals surface area contributed by atoms with Crippen LogP contribution in [0.15, 0.2) is 12.3 Å². The van der Waals surface area contributed by atoms with E-state index in [1.165, 1.54) is 0 Å². The average Bonchev–Trinajstić information content (AvgIpc) is 2.29. The van der Waals surface area contributed by atoms with Crippen LogP contribution >= 0.6 is 0 Å². The molecule has 1 saturated carbocycles. The van der Waals surface area contributed by atoms with E-state index in [4.69, 9.17) is 0 Å². The van der Waals surface area contributed by atoms with Crippen molar-refractivity contribution in [3.8, 4) is 0 Å². The van der Waals surface area contributed by atoms with Gasteiger partial charge in [0.25, 0.3) is 0 Å². The molecule has 1 aromatic heterocycles. The summed E-state index contributed by atoms with van der Waals surface area (Å²) in [6, 6.07) is 2.02. The Morgan fingerprint density at radius 3 is 2.65 bits per heavy atom. The highest BCUT2D eigenvalue weighted by atomic mass is 16.3. The van der Waals surface area contributed by atoms with E-state index in [9.17, 15) is 5.11 Å². The topological polar surface area (TPSA) is 46.0 Å². The third kappa shape index (κ3) is 3.50. The molecule has 3 heteroatoms. The van der Waals surface area contributed by atoms with Crippen LogP contribution < -0.4 is 0 Å². The third-order valence-electron chi connectivity index (χ3n) is 3.41. The van der Waals surface area contributed by atoms with Crippen molar-refractivity contribution in [2.75, 3.05) is 0 Å². The summed E-state index contributed by atoms with van der Waals surface area (Å²) in [5, 5.41) is 9.51. The van der Waals surface area contributed by atoms with Crippen molar-refractivity contribution in [2.45, 2.75) is 58.0 Å². The van der Waals surface area contributed by atoms with Gasteiger partial charge in [-0.15, -0.1) is 0 Å². The zero-order chi connectivity index (χ0) is 12.3. The number of aromatic nitrogens is 2. The molecule has 0 saturated heterocycles. The lowest BCUT2D eigenvalue weighted by Crippen LogP contribution is -2.18. The monoisotopic (exact) mass is 234 g/mol. The van der Waals surface area contributed by atoms with Gasteiger partial charge >= 0.3 is 0 Å². The first-order chi connectivity index (χ1) is 8.15. The van der Waals surface area contributed by atoms with Gasteiger partial charge in [-0.25, -0.2) is 9.97 Å². The normalized spacial score (nSPS) is 25.2. The fourth-order valence-corrected chi connectivity index (χ4v) is 2.48. The molecular weight excluding hydrogens is 212 g/mol. The Kier molecular flexibility index (Phi) is 4.11. The lowest BCUT2D eigenvalue weighted by Gasteiger charge is -2.24. The van der Waals surface area contributed by atoms with Crippen LogP contribution in [0.25, 0.3) is 0 Å². The van der Waals surface area contributed by atoms with E-state index in [0.717, 1.165) is 43.6 Å². The van der Waals surface area contributed by atoms with E-state index in [1.54, 1.807) is 0 Å². The fraction of sp³-hybridized carbons (Fsp3) is 0.714. The van der Waals surface area contributed by atoms with Gasteiger partial charge in [-0.2, -0.15) is 0 Å². The second-order valence-corrected chi connectivity index (χ2v) is 5.51. The Balaban J connectivity index is 2.05. The number of nitrogens with zero attached hydrogens (tertiary/aromatic N) is 2. The molecule has 1 fully saturated rings. The van der Waals surface area contributed by atoms with E-state index in [2.05, 4.69) is 23.8 Å². The van der Waals surface area contributed by atoms with Crippen LogP contribution in [0, 0.1) is 5.92 Å². The van der Waals surface area contributed by atoms with Crippen molar-refractivity contribution >= 4 is 0 Å². The first-order valence-corrected chi connectivity index (χ1v) is 6.65. The Hall–Kier alpha value is -0.960. The van der Waals surface area contributed by atoms with Gasteiger partial charge < -0.3 is 5.11 Å². The molecule has 0 spiro atoms. The van der Waals surface area contributed by atoms with Crippen LogP contribution in [0.4, 0.5) is 0 Å². The quantitative estimate of drug-likeness (QED) is 0.874. The van der Waals surface area contributed by atoms with Gasteiger partial charge in [0, 0.05) is 17.8 Å². The molecule has 1 aromatic rings. The summed E-state index contributed by atoms with van der Waals surface area (Å²) in [6.45, 7) is 4.41. The van der Waals surface area contributed by atoms with Crippen LogP contribution in [-0.2, 0) is 6.42 Å². The van der Waals surface area contributed by atoms with Crippen molar-refractivity contribution < 1.29 is 5.11 Å². The van der Waals surface area contributed by atoms with Crippen LogP contribution in [0.2, 0.25) is 0 Å². The summed E-state index contributed by atoms with van der Waals surface area (Å²) in [6.07, 6.45) is 6.62. The summed E-state index contributed by atoms with van der Waals surface area (Å²) >= 11 is 0. The van der Waals surface area contributed by atoms with Gasteiger partial charge in [0.05, 0.1) is 6.10 Å². The molecular formula is C14H22N2O. The van der Waals surface area contributed by atoms with Crippen LogP contribution in [0.1, 0.15) is 57.0 Å². The highest BCUT2D eigenvalue weighted by Crippen LogP contribution is 2.30. The molecule has 0 atom stereocenters. The molecule has 1 aliphatic rings. The minimum atomic E-state index is -0.106. The Morgan fingerprint density at radius 1 is 1.29 bits per heavy atom. The van der Waals surface area contributed by atoms with E-state index >= 15 is 0 Å². The number of rotatable bonds is 3. The van der Waals surface area contributed by atoms with Crippen molar-refractivity contribution in [1.82, 2.24) is 9.97 Å². The summed E-state index contributed by atoms with van der Waals surface area (Å²) in [7, 11) is 0. The number of hydrogen-bond donors (Lipinski definition) is 1. The molecule has 0 aromatic carbocycles. The van der Waals surface area contributed by atoms with Crippen molar-refractivity contribution in [1.29, 1.82) is 0 Å². The summed E-state index contributed by atoms with van der Waals surface area (Å²) in [5.41, 5.74) is 1.15. The highest BCUT2D eigenvalue weighted by Gasteiger charge is 2.22. The maximum atomic E-state index is 9.51. The second-order valence-electron chi connectivity index (χ2n) is 5.51. The molecule has 0 bridgehead atoms. The lowest BCUT2D eigenvalue weighted by molar-refractivity contribution is 0.121. The molecule has 0 amide bonds. The van der Waals surface area contributed by atoms with Gasteiger partial charge in [-0.3, -0.25) is 0 Å². The van der Waals surface area contributed by atoms with E-state index in [-0.39, 0.29) is 6.10 Å². The van der Waals surface area contributed by atoms with Gasteiger partial charge in [-0.05, 0) is 44.1 Å². The minimum absolute atomic E-state index is 0.106. The minimum Gasteiger partial charge on any atom is -0.393 e. The number of hydrogen-bond acceptors (Lipinski definition) is 3. The fourth-order valence-electron chi connectivity index (χ4n) is 2.48. The first kappa shape index (κ1) is 12.5. The standard InChI is InChI=1S/C14H22N2O/c1-10(2)9-12-7-8-15-14(16-12)11-3-5-13(17)6-4-11/h7-8,10-11,13,17H,3-6,9H2,1-2H3. The van der Waals surface area contributed by atoms with Crippen LogP contribution in [0.5, 0.6) is 0 Å². The summed E-state index contributed by atoms with van der Waals surface area (Å²) in [5.74, 6) is 2.06. The van der Waals surface area contributed by atoms with E-state index in [1.807, 2.05) is 12.3 Å². The molecule has 3 nitrogen and oxygen atoms in total. The molecule has 1 heterocycles. The SMILES string of the molecule is CC(C)Cc1ccnc(C2CCC(O)CC2)n1. The zero-order valence-electron chi connectivity index (χ0n) is 10.8. The van der Waals surface area contributed by atoms with Gasteiger partial charge in [0.15, 0.2) is 0 Å². The Morgan fingerprint density at radius 2 is 2.00 bits per heavy atom. The largest absolute Gasteiger partial charge is 0.393 e. The maximum absolute atomic E-state index is 9.51. The van der Waals surface area contributed by atoms with Gasteiger partial charge in [-0.1, -0.05) is 13.8 Å². The lowest BCUT2D eigenvalue weighted by atomic mass is 9.87. The van der Waals surface area contributed by atoms with E-state index in [0.29, 0.717) is 11.8 Å². The smallest absolute Gasteiger partial charge is 0.131 e. The van der Waals surface area contributed by atoms with Gasteiger partial charge in [0.1, 0.15) is 5.82 Å². The summed E-state index contributed by atoms with van der Waals surface area (Å²) < 4.78 is 0. The molecule has 94 valence electrons. The zero-order valence-corrected chi connectivity index (χ0v) is 10.8. The molecule has 17 heavy (non-hydrogen) atoms. The average molecular weight is 234 g/mol. The van der Waals surface area contributed by atoms with Crippen molar-refractivity contribution in [3.63, 3.8) is 0 Å².